The van der Waals surface area contributed by atoms with Gasteiger partial charge >= 0.3 is 6.09 Å². The molecule has 0 spiro atoms. The number of carbonyl (C=O) groups excluding carboxylic acids is 1. The molecule has 0 aliphatic carbocycles. The predicted octanol–water partition coefficient (Wildman–Crippen LogP) is 4.18. The minimum atomic E-state index is -3.80. The molecule has 0 radical (unpaired) electrons. The Hall–Kier alpha value is -3.14. The van der Waals surface area contributed by atoms with E-state index in [0.29, 0.717) is 29.9 Å². The highest BCUT2D eigenvalue weighted by molar-refractivity contribution is 7.90. The lowest BCUT2D eigenvalue weighted by Crippen LogP contribution is -2.42. The van der Waals surface area contributed by atoms with Gasteiger partial charge in [-0.05, 0) is 65.2 Å². The number of aromatic nitrogens is 3. The molecule has 1 atom stereocenters. The van der Waals surface area contributed by atoms with Crippen molar-refractivity contribution in [1.29, 1.82) is 0 Å². The van der Waals surface area contributed by atoms with Crippen molar-refractivity contribution in [3.63, 3.8) is 0 Å². The number of ether oxygens (including phenoxy) is 1. The lowest BCUT2D eigenvalue weighted by molar-refractivity contribution is 0.0252. The highest BCUT2D eigenvalue weighted by Gasteiger charge is 2.27. The van der Waals surface area contributed by atoms with Gasteiger partial charge < -0.3 is 15.0 Å². The molecule has 1 N–H and O–H groups in total. The Morgan fingerprint density at radius 1 is 1.12 bits per heavy atom. The lowest BCUT2D eigenvalue weighted by Gasteiger charge is -2.28. The zero-order valence-corrected chi connectivity index (χ0v) is 20.8. The summed E-state index contributed by atoms with van der Waals surface area (Å²) in [5.41, 5.74) is 0.724. The van der Waals surface area contributed by atoms with E-state index in [1.807, 2.05) is 27.7 Å². The zero-order valence-electron chi connectivity index (χ0n) is 20.0. The zero-order chi connectivity index (χ0) is 24.5. The summed E-state index contributed by atoms with van der Waals surface area (Å²) in [7, 11) is -3.80. The third kappa shape index (κ3) is 5.16. The number of anilines is 1. The van der Waals surface area contributed by atoms with Crippen LogP contribution in [0.3, 0.4) is 0 Å². The average Bonchev–Trinajstić information content (AvgIpc) is 3.07. The summed E-state index contributed by atoms with van der Waals surface area (Å²) in [6.45, 7) is 8.58. The monoisotopic (exact) mass is 485 g/mol. The van der Waals surface area contributed by atoms with Gasteiger partial charge in [-0.3, -0.25) is 0 Å². The molecule has 1 aliphatic heterocycles. The molecular weight excluding hydrogens is 454 g/mol. The molecule has 1 fully saturated rings. The van der Waals surface area contributed by atoms with Crippen LogP contribution in [0.25, 0.3) is 11.0 Å². The first kappa shape index (κ1) is 24.0. The topological polar surface area (TPSA) is 106 Å². The van der Waals surface area contributed by atoms with Crippen LogP contribution < -0.4 is 5.32 Å². The van der Waals surface area contributed by atoms with Crippen molar-refractivity contribution in [2.75, 3.05) is 18.4 Å². The molecule has 0 unspecified atom stereocenters. The number of benzene rings is 1. The van der Waals surface area contributed by atoms with Gasteiger partial charge in [-0.1, -0.05) is 17.7 Å². The van der Waals surface area contributed by atoms with E-state index in [-0.39, 0.29) is 17.0 Å². The van der Waals surface area contributed by atoms with Crippen molar-refractivity contribution in [3.05, 3.63) is 48.4 Å². The molecule has 1 aliphatic rings. The molecule has 182 valence electrons. The lowest BCUT2D eigenvalue weighted by atomic mass is 10.1. The van der Waals surface area contributed by atoms with Crippen LogP contribution in [0, 0.1) is 6.92 Å². The van der Waals surface area contributed by atoms with Crippen molar-refractivity contribution in [2.45, 2.75) is 63.5 Å². The number of nitrogens with one attached hydrogen (secondary N) is 1. The predicted molar refractivity (Wildman–Crippen MR) is 130 cm³/mol. The first-order valence-corrected chi connectivity index (χ1v) is 12.9. The Morgan fingerprint density at radius 2 is 1.85 bits per heavy atom. The van der Waals surface area contributed by atoms with E-state index in [0.717, 1.165) is 24.8 Å². The van der Waals surface area contributed by atoms with E-state index in [1.165, 1.54) is 16.5 Å². The second kappa shape index (κ2) is 9.25. The number of rotatable bonds is 4. The summed E-state index contributed by atoms with van der Waals surface area (Å²) in [5, 5.41) is 4.02. The van der Waals surface area contributed by atoms with Crippen LogP contribution >= 0.6 is 0 Å². The molecule has 10 heteroatoms. The first-order valence-electron chi connectivity index (χ1n) is 11.4. The van der Waals surface area contributed by atoms with E-state index in [4.69, 9.17) is 4.74 Å². The number of hydrogen-bond donors (Lipinski definition) is 1. The third-order valence-electron chi connectivity index (χ3n) is 5.69. The van der Waals surface area contributed by atoms with Gasteiger partial charge in [0, 0.05) is 25.3 Å². The van der Waals surface area contributed by atoms with E-state index in [9.17, 15) is 13.2 Å². The smallest absolute Gasteiger partial charge is 0.410 e. The van der Waals surface area contributed by atoms with Gasteiger partial charge in [-0.25, -0.2) is 27.2 Å². The number of carbonyl (C=O) groups is 1. The minimum Gasteiger partial charge on any atom is -0.444 e. The standard InChI is InChI=1S/C24H31N5O4S/c1-17-8-10-19(11-9-17)34(31,32)29-14-12-20-21(25-16-26-22(20)29)27-18-7-5-6-13-28(15-18)23(30)33-24(2,3)4/h8-12,14,16,18H,5-7,13,15H2,1-4H3,(H,25,26,27)/t18-/m0/s1. The van der Waals surface area contributed by atoms with Gasteiger partial charge in [0.1, 0.15) is 17.7 Å². The molecule has 34 heavy (non-hydrogen) atoms. The second-order valence-corrected chi connectivity index (χ2v) is 11.5. The van der Waals surface area contributed by atoms with E-state index < -0.39 is 15.6 Å². The van der Waals surface area contributed by atoms with Crippen molar-refractivity contribution < 1.29 is 17.9 Å². The Labute approximate surface area is 200 Å². The molecule has 1 saturated heterocycles. The number of aryl methyl sites for hydroxylation is 1. The summed E-state index contributed by atoms with van der Waals surface area (Å²) in [6, 6.07) is 8.36. The van der Waals surface area contributed by atoms with Gasteiger partial charge in [-0.2, -0.15) is 0 Å². The van der Waals surface area contributed by atoms with Crippen LogP contribution in [-0.2, 0) is 14.8 Å². The number of nitrogens with zero attached hydrogens (tertiary/aromatic N) is 4. The molecule has 0 bridgehead atoms. The fourth-order valence-corrected chi connectivity index (χ4v) is 5.31. The number of hydrogen-bond acceptors (Lipinski definition) is 7. The number of amides is 1. The number of fused-ring (bicyclic) bond motifs is 1. The van der Waals surface area contributed by atoms with Crippen LogP contribution in [0.4, 0.5) is 10.6 Å². The van der Waals surface area contributed by atoms with E-state index in [1.54, 1.807) is 35.2 Å². The largest absolute Gasteiger partial charge is 0.444 e. The Bertz CT molecular complexity index is 1280. The summed E-state index contributed by atoms with van der Waals surface area (Å²) in [5.74, 6) is 0.541. The van der Waals surface area contributed by atoms with Crippen LogP contribution in [0.15, 0.2) is 47.8 Å². The van der Waals surface area contributed by atoms with Crippen LogP contribution in [0.2, 0.25) is 0 Å². The van der Waals surface area contributed by atoms with Gasteiger partial charge in [0.15, 0.2) is 5.65 Å². The molecule has 4 rings (SSSR count). The van der Waals surface area contributed by atoms with Crippen molar-refractivity contribution >= 4 is 33.0 Å². The summed E-state index contributed by atoms with van der Waals surface area (Å²) >= 11 is 0. The van der Waals surface area contributed by atoms with E-state index in [2.05, 4.69) is 15.3 Å². The van der Waals surface area contributed by atoms with Crippen LogP contribution in [-0.4, -0.2) is 58.1 Å². The van der Waals surface area contributed by atoms with Crippen LogP contribution in [0.1, 0.15) is 45.6 Å². The molecule has 3 aromatic rings. The minimum absolute atomic E-state index is 0.0508. The van der Waals surface area contributed by atoms with Crippen molar-refractivity contribution in [2.24, 2.45) is 0 Å². The van der Waals surface area contributed by atoms with Gasteiger partial charge in [0.25, 0.3) is 10.0 Å². The van der Waals surface area contributed by atoms with Gasteiger partial charge in [0.2, 0.25) is 0 Å². The maximum atomic E-state index is 13.2. The Kier molecular flexibility index (Phi) is 6.53. The second-order valence-electron chi connectivity index (χ2n) is 9.65. The normalized spacial score (nSPS) is 17.4. The van der Waals surface area contributed by atoms with Gasteiger partial charge in [-0.15, -0.1) is 0 Å². The summed E-state index contributed by atoms with van der Waals surface area (Å²) in [6.07, 6.45) is 5.22. The molecule has 0 saturated carbocycles. The first-order chi connectivity index (χ1) is 16.0. The maximum Gasteiger partial charge on any atom is 0.410 e. The quantitative estimate of drug-likeness (QED) is 0.591. The van der Waals surface area contributed by atoms with E-state index >= 15 is 0 Å². The van der Waals surface area contributed by atoms with Crippen molar-refractivity contribution in [3.8, 4) is 0 Å². The van der Waals surface area contributed by atoms with Gasteiger partial charge in [0.05, 0.1) is 10.3 Å². The van der Waals surface area contributed by atoms with Crippen LogP contribution in [0.5, 0.6) is 0 Å². The highest BCUT2D eigenvalue weighted by Crippen LogP contribution is 2.26. The fourth-order valence-electron chi connectivity index (χ4n) is 4.01. The molecule has 2 aromatic heterocycles. The highest BCUT2D eigenvalue weighted by atomic mass is 32.2. The molecule has 9 nitrogen and oxygen atoms in total. The molecule has 1 amide bonds. The summed E-state index contributed by atoms with van der Waals surface area (Å²) < 4.78 is 33.2. The number of likely N-dealkylation sites (tertiary alicyclic amines) is 1. The average molecular weight is 486 g/mol. The SMILES string of the molecule is Cc1ccc(S(=O)(=O)n2ccc3c(N[C@H]4CCCCN(C(=O)OC(C)(C)C)C4)ncnc32)cc1. The summed E-state index contributed by atoms with van der Waals surface area (Å²) in [4.78, 5) is 23.2. The molecular formula is C24H31N5O4S. The molecule has 3 heterocycles. The Morgan fingerprint density at radius 3 is 2.56 bits per heavy atom. The molecule has 1 aromatic carbocycles. The third-order valence-corrected chi connectivity index (χ3v) is 7.37. The van der Waals surface area contributed by atoms with Crippen molar-refractivity contribution in [1.82, 2.24) is 18.8 Å². The Balaban J connectivity index is 1.59. The fraction of sp³-hybridized carbons (Fsp3) is 0.458. The maximum absolute atomic E-state index is 13.2.